The van der Waals surface area contributed by atoms with Gasteiger partial charge in [-0.1, -0.05) is 0 Å². The van der Waals surface area contributed by atoms with E-state index in [1.807, 2.05) is 0 Å². The fourth-order valence-corrected chi connectivity index (χ4v) is 5.32. The first kappa shape index (κ1) is 22.4. The van der Waals surface area contributed by atoms with E-state index in [0.29, 0.717) is 32.0 Å². The Hall–Kier alpha value is -2.27. The summed E-state index contributed by atoms with van der Waals surface area (Å²) in [7, 11) is -0.816. The zero-order valence-corrected chi connectivity index (χ0v) is 17.9. The lowest BCUT2D eigenvalue weighted by molar-refractivity contribution is -0.138. The molecule has 0 atom stereocenters. The van der Waals surface area contributed by atoms with Crippen LogP contribution in [0.5, 0.6) is 0 Å². The lowest BCUT2D eigenvalue weighted by Gasteiger charge is -2.38. The first-order valence-electron chi connectivity index (χ1n) is 9.81. The van der Waals surface area contributed by atoms with E-state index in [0.717, 1.165) is 16.4 Å². The number of halogens is 2. The third-order valence-electron chi connectivity index (χ3n) is 5.56. The molecule has 0 saturated carbocycles. The molecule has 3 amide bonds. The minimum absolute atomic E-state index is 0.0159. The lowest BCUT2D eigenvalue weighted by atomic mass is 9.95. The third-order valence-corrected chi connectivity index (χ3v) is 7.47. The van der Waals surface area contributed by atoms with E-state index in [1.165, 1.54) is 4.90 Å². The number of nitrogens with zero attached hydrogens (tertiary/aromatic N) is 4. The number of rotatable bonds is 3. The molecule has 2 aliphatic rings. The second-order valence-electron chi connectivity index (χ2n) is 7.74. The van der Waals surface area contributed by atoms with E-state index < -0.39 is 26.6 Å². The highest BCUT2D eigenvalue weighted by molar-refractivity contribution is 7.89. The SMILES string of the molecule is CN(C)C(=O)N1CCC(C(=O)N2CCN(S(=O)(=O)c3cc(F)ccc3F)CC2)CC1. The molecular formula is C19H26F2N4O4S. The summed E-state index contributed by atoms with van der Waals surface area (Å²) in [6.45, 7) is 1.41. The summed E-state index contributed by atoms with van der Waals surface area (Å²) in [5, 5.41) is 0. The second-order valence-corrected chi connectivity index (χ2v) is 9.65. The van der Waals surface area contributed by atoms with Crippen molar-refractivity contribution in [3.63, 3.8) is 0 Å². The molecule has 2 heterocycles. The number of urea groups is 1. The molecular weight excluding hydrogens is 418 g/mol. The molecule has 0 unspecified atom stereocenters. The van der Waals surface area contributed by atoms with E-state index >= 15 is 0 Å². The summed E-state index contributed by atoms with van der Waals surface area (Å²) >= 11 is 0. The molecule has 2 fully saturated rings. The van der Waals surface area contributed by atoms with Gasteiger partial charge < -0.3 is 14.7 Å². The number of benzene rings is 1. The molecule has 0 aromatic heterocycles. The fourth-order valence-electron chi connectivity index (χ4n) is 3.82. The first-order valence-corrected chi connectivity index (χ1v) is 11.3. The summed E-state index contributed by atoms with van der Waals surface area (Å²) in [6, 6.07) is 2.24. The predicted molar refractivity (Wildman–Crippen MR) is 105 cm³/mol. The smallest absolute Gasteiger partial charge is 0.319 e. The summed E-state index contributed by atoms with van der Waals surface area (Å²) in [4.78, 5) is 29.0. The van der Waals surface area contributed by atoms with Crippen LogP contribution in [0.4, 0.5) is 13.6 Å². The van der Waals surface area contributed by atoms with Gasteiger partial charge in [0.25, 0.3) is 0 Å². The number of carbonyl (C=O) groups is 2. The molecule has 166 valence electrons. The fraction of sp³-hybridized carbons (Fsp3) is 0.579. The van der Waals surface area contributed by atoms with E-state index in [2.05, 4.69) is 0 Å². The highest BCUT2D eigenvalue weighted by Crippen LogP contribution is 2.24. The van der Waals surface area contributed by atoms with Gasteiger partial charge in [-0.3, -0.25) is 4.79 Å². The van der Waals surface area contributed by atoms with Gasteiger partial charge >= 0.3 is 6.03 Å². The zero-order valence-electron chi connectivity index (χ0n) is 17.1. The van der Waals surface area contributed by atoms with Crippen molar-refractivity contribution in [2.75, 3.05) is 53.4 Å². The number of hydrogen-bond donors (Lipinski definition) is 0. The van der Waals surface area contributed by atoms with E-state index in [4.69, 9.17) is 0 Å². The van der Waals surface area contributed by atoms with Crippen LogP contribution < -0.4 is 0 Å². The van der Waals surface area contributed by atoms with Crippen LogP contribution in [0.2, 0.25) is 0 Å². The molecule has 2 aliphatic heterocycles. The van der Waals surface area contributed by atoms with Crippen LogP contribution in [0.3, 0.4) is 0 Å². The Balaban J connectivity index is 1.57. The van der Waals surface area contributed by atoms with Gasteiger partial charge in [-0.15, -0.1) is 0 Å². The van der Waals surface area contributed by atoms with Gasteiger partial charge in [0, 0.05) is 59.3 Å². The number of piperidine rings is 1. The molecule has 0 spiro atoms. The Kier molecular flexibility index (Phi) is 6.61. The Morgan fingerprint density at radius 2 is 1.57 bits per heavy atom. The lowest BCUT2D eigenvalue weighted by Crippen LogP contribution is -2.53. The maximum atomic E-state index is 13.9. The maximum absolute atomic E-state index is 13.9. The molecule has 0 radical (unpaired) electrons. The molecule has 0 aliphatic carbocycles. The standard InChI is InChI=1S/C19H26F2N4O4S/c1-22(2)19(27)24-7-5-14(6-8-24)18(26)23-9-11-25(12-10-23)30(28,29)17-13-15(20)3-4-16(17)21/h3-4,13-14H,5-12H2,1-2H3. The molecule has 11 heteroatoms. The van der Waals surface area contributed by atoms with Crippen LogP contribution in [-0.4, -0.2) is 92.7 Å². The van der Waals surface area contributed by atoms with E-state index in [1.54, 1.807) is 23.9 Å². The summed E-state index contributed by atoms with van der Waals surface area (Å²) < 4.78 is 53.8. The van der Waals surface area contributed by atoms with Gasteiger partial charge in [0.05, 0.1) is 0 Å². The molecule has 1 aromatic rings. The Labute approximate surface area is 175 Å². The number of hydrogen-bond acceptors (Lipinski definition) is 4. The van der Waals surface area contributed by atoms with Crippen molar-refractivity contribution in [1.29, 1.82) is 0 Å². The third kappa shape index (κ3) is 4.56. The second kappa shape index (κ2) is 8.84. The highest BCUT2D eigenvalue weighted by atomic mass is 32.2. The molecule has 0 bridgehead atoms. The van der Waals surface area contributed by atoms with Crippen LogP contribution in [-0.2, 0) is 14.8 Å². The van der Waals surface area contributed by atoms with Gasteiger partial charge in [-0.2, -0.15) is 4.31 Å². The number of carbonyl (C=O) groups excluding carboxylic acids is 2. The van der Waals surface area contributed by atoms with Crippen molar-refractivity contribution >= 4 is 22.0 Å². The van der Waals surface area contributed by atoms with Gasteiger partial charge in [-0.25, -0.2) is 22.0 Å². The van der Waals surface area contributed by atoms with Gasteiger partial charge in [0.15, 0.2) is 0 Å². The number of amides is 3. The van der Waals surface area contributed by atoms with Crippen molar-refractivity contribution in [3.8, 4) is 0 Å². The van der Waals surface area contributed by atoms with Crippen LogP contribution >= 0.6 is 0 Å². The van der Waals surface area contributed by atoms with Crippen LogP contribution in [0.15, 0.2) is 23.1 Å². The summed E-state index contributed by atoms with van der Waals surface area (Å²) in [5.41, 5.74) is 0. The molecule has 3 rings (SSSR count). The van der Waals surface area contributed by atoms with Crippen molar-refractivity contribution in [2.45, 2.75) is 17.7 Å². The van der Waals surface area contributed by atoms with Crippen molar-refractivity contribution in [3.05, 3.63) is 29.8 Å². The minimum Gasteiger partial charge on any atom is -0.340 e. The Morgan fingerprint density at radius 1 is 0.967 bits per heavy atom. The highest BCUT2D eigenvalue weighted by Gasteiger charge is 2.35. The normalized spacial score (nSPS) is 19.1. The number of likely N-dealkylation sites (tertiary alicyclic amines) is 1. The summed E-state index contributed by atoms with van der Waals surface area (Å²) in [5.74, 6) is -2.10. The monoisotopic (exact) mass is 444 g/mol. The molecule has 2 saturated heterocycles. The van der Waals surface area contributed by atoms with Gasteiger partial charge in [0.2, 0.25) is 15.9 Å². The van der Waals surface area contributed by atoms with E-state index in [9.17, 15) is 26.8 Å². The Morgan fingerprint density at radius 3 is 2.13 bits per heavy atom. The van der Waals surface area contributed by atoms with Crippen LogP contribution in [0.1, 0.15) is 12.8 Å². The van der Waals surface area contributed by atoms with Crippen molar-refractivity contribution < 1.29 is 26.8 Å². The first-order chi connectivity index (χ1) is 14.1. The molecule has 30 heavy (non-hydrogen) atoms. The van der Waals surface area contributed by atoms with Gasteiger partial charge in [0.1, 0.15) is 16.5 Å². The van der Waals surface area contributed by atoms with Crippen molar-refractivity contribution in [2.24, 2.45) is 5.92 Å². The quantitative estimate of drug-likeness (QED) is 0.702. The molecule has 0 N–H and O–H groups in total. The number of sulfonamides is 1. The average molecular weight is 445 g/mol. The molecule has 8 nitrogen and oxygen atoms in total. The van der Waals surface area contributed by atoms with Crippen LogP contribution in [0, 0.1) is 17.6 Å². The Bertz CT molecular complexity index is 909. The largest absolute Gasteiger partial charge is 0.340 e. The average Bonchev–Trinajstić information content (AvgIpc) is 2.74. The summed E-state index contributed by atoms with van der Waals surface area (Å²) in [6.07, 6.45) is 1.12. The van der Waals surface area contributed by atoms with Gasteiger partial charge in [-0.05, 0) is 31.0 Å². The predicted octanol–water partition coefficient (Wildman–Crippen LogP) is 1.19. The van der Waals surface area contributed by atoms with Crippen molar-refractivity contribution in [1.82, 2.24) is 19.0 Å². The number of piperazine rings is 1. The molecule has 1 aromatic carbocycles. The topological polar surface area (TPSA) is 81.2 Å². The van der Waals surface area contributed by atoms with E-state index in [-0.39, 0.29) is 44.0 Å². The maximum Gasteiger partial charge on any atom is 0.319 e. The van der Waals surface area contributed by atoms with Crippen LogP contribution in [0.25, 0.3) is 0 Å². The zero-order chi connectivity index (χ0) is 22.1. The minimum atomic E-state index is -4.18.